The van der Waals surface area contributed by atoms with Gasteiger partial charge in [0.1, 0.15) is 40.5 Å². The molecule has 1 spiro atoms. The first kappa shape index (κ1) is 43.8. The molecule has 5 atom stereocenters. The van der Waals surface area contributed by atoms with E-state index in [2.05, 4.69) is 32.2 Å². The van der Waals surface area contributed by atoms with Crippen LogP contribution in [0.2, 0.25) is 0 Å². The molecule has 5 amide bonds. The molecule has 2 aliphatic carbocycles. The van der Waals surface area contributed by atoms with E-state index in [-0.39, 0.29) is 43.5 Å². The van der Waals surface area contributed by atoms with Crippen molar-refractivity contribution in [2.24, 2.45) is 5.92 Å². The number of hydrogen-bond donors (Lipinski definition) is 4. The monoisotopic (exact) mass is 865 g/mol. The van der Waals surface area contributed by atoms with E-state index >= 15 is 0 Å². The second-order valence-electron chi connectivity index (χ2n) is 16.9. The van der Waals surface area contributed by atoms with Gasteiger partial charge in [-0.25, -0.2) is 27.1 Å². The fourth-order valence-electron chi connectivity index (χ4n) is 9.11. The van der Waals surface area contributed by atoms with Crippen LogP contribution in [0.4, 0.5) is 19.7 Å². The lowest BCUT2D eigenvalue weighted by Gasteiger charge is -2.32. The fraction of sp³-hybridized carbons (Fsp3) is 0.581. The van der Waals surface area contributed by atoms with Crippen molar-refractivity contribution < 1.29 is 46.3 Å². The van der Waals surface area contributed by atoms with E-state index in [0.717, 1.165) is 56.2 Å². The van der Waals surface area contributed by atoms with E-state index in [0.29, 0.717) is 51.7 Å². The van der Waals surface area contributed by atoms with Gasteiger partial charge in [0.15, 0.2) is 0 Å². The molecule has 5 aliphatic rings. The summed E-state index contributed by atoms with van der Waals surface area (Å²) in [7, 11) is -4.66. The van der Waals surface area contributed by atoms with Crippen LogP contribution in [-0.2, 0) is 33.9 Å². The lowest BCUT2D eigenvalue weighted by molar-refractivity contribution is -0.141. The van der Waals surface area contributed by atoms with Crippen LogP contribution < -0.4 is 20.7 Å². The van der Waals surface area contributed by atoms with Crippen molar-refractivity contribution in [1.82, 2.24) is 30.1 Å². The Morgan fingerprint density at radius 2 is 1.62 bits per heavy atom. The number of fused-ring (bicyclic) bond motifs is 2. The van der Waals surface area contributed by atoms with E-state index in [4.69, 9.17) is 9.47 Å². The minimum Gasteiger partial charge on any atom is -0.446 e. The van der Waals surface area contributed by atoms with Crippen molar-refractivity contribution in [2.75, 3.05) is 31.5 Å². The summed E-state index contributed by atoms with van der Waals surface area (Å²) in [6, 6.07) is 4.84. The smallest absolute Gasteiger partial charge is 0.410 e. The second kappa shape index (κ2) is 19.2. The molecule has 1 aromatic carbocycles. The van der Waals surface area contributed by atoms with E-state index in [9.17, 15) is 36.8 Å². The number of ether oxygens (including phenoxy) is 2. The second-order valence-corrected chi connectivity index (χ2v) is 18.5. The van der Waals surface area contributed by atoms with Crippen LogP contribution in [0.25, 0.3) is 0 Å². The number of anilines is 1. The number of piperidine rings is 1. The number of rotatable bonds is 5. The minimum absolute atomic E-state index is 0.00354. The summed E-state index contributed by atoms with van der Waals surface area (Å²) >= 11 is 0. The van der Waals surface area contributed by atoms with Gasteiger partial charge in [0.05, 0.1) is 12.2 Å². The topological polar surface area (TPSA) is 205 Å². The molecule has 4 N–H and O–H groups in total. The van der Waals surface area contributed by atoms with Gasteiger partial charge in [-0.15, -0.1) is 6.58 Å². The zero-order valence-electron chi connectivity index (χ0n) is 34.3. The average Bonchev–Trinajstić information content (AvgIpc) is 3.49. The predicted octanol–water partition coefficient (Wildman–Crippen LogP) is 4.88. The molecule has 0 unspecified atom stereocenters. The van der Waals surface area contributed by atoms with Crippen LogP contribution in [-0.4, -0.2) is 109 Å². The highest BCUT2D eigenvalue weighted by Crippen LogP contribution is 2.45. The van der Waals surface area contributed by atoms with E-state index < -0.39 is 80.3 Å². The normalized spacial score (nSPS) is 28.0. The Labute approximate surface area is 355 Å². The summed E-state index contributed by atoms with van der Waals surface area (Å²) in [6.45, 7) is 4.85. The van der Waals surface area contributed by atoms with Gasteiger partial charge < -0.3 is 35.2 Å². The van der Waals surface area contributed by atoms with E-state index in [1.54, 1.807) is 17.3 Å². The predicted molar refractivity (Wildman–Crippen MR) is 221 cm³/mol. The van der Waals surface area contributed by atoms with Gasteiger partial charge >= 0.3 is 12.2 Å². The zero-order chi connectivity index (χ0) is 43.1. The molecular formula is C43H56FN7O9S. The van der Waals surface area contributed by atoms with Crippen LogP contribution in [0.3, 0.4) is 0 Å². The molecule has 3 aliphatic heterocycles. The van der Waals surface area contributed by atoms with Crippen molar-refractivity contribution in [2.45, 2.75) is 131 Å². The summed E-state index contributed by atoms with van der Waals surface area (Å²) in [5, 5.41) is 8.55. The first-order chi connectivity index (χ1) is 29.4. The lowest BCUT2D eigenvalue weighted by Crippen LogP contribution is -2.58. The summed E-state index contributed by atoms with van der Waals surface area (Å²) in [4.78, 5) is 76.4. The molecular weight excluding hydrogens is 810 g/mol. The number of likely N-dealkylation sites (tertiary alicyclic amines) is 1. The highest BCUT2D eigenvalue weighted by Gasteiger charge is 2.61. The maximum Gasteiger partial charge on any atom is 0.410 e. The summed E-state index contributed by atoms with van der Waals surface area (Å²) in [5.74, 6) is -3.65. The van der Waals surface area contributed by atoms with Gasteiger partial charge in [0.2, 0.25) is 11.8 Å². The van der Waals surface area contributed by atoms with Gasteiger partial charge in [0.25, 0.3) is 15.9 Å². The number of aromatic nitrogens is 1. The van der Waals surface area contributed by atoms with Gasteiger partial charge in [0, 0.05) is 44.4 Å². The first-order valence-corrected chi connectivity index (χ1v) is 23.0. The maximum absolute atomic E-state index is 14.6. The molecule has 2 saturated carbocycles. The number of hydrogen-bond acceptors (Lipinski definition) is 11. The van der Waals surface area contributed by atoms with Gasteiger partial charge in [-0.1, -0.05) is 31.8 Å². The third kappa shape index (κ3) is 10.4. The van der Waals surface area contributed by atoms with Crippen molar-refractivity contribution >= 4 is 45.6 Å². The molecule has 0 radical (unpaired) electrons. The van der Waals surface area contributed by atoms with Crippen molar-refractivity contribution in [1.29, 1.82) is 0 Å². The number of amides is 5. The number of alkyl carbamates (subject to hydrolysis) is 1. The largest absolute Gasteiger partial charge is 0.446 e. The number of benzene rings is 1. The number of nitrogens with zero attached hydrogens (tertiary/aromatic N) is 3. The first-order valence-electron chi connectivity index (χ1n) is 21.5. The number of sulfonamides is 1. The molecule has 2 saturated heterocycles. The van der Waals surface area contributed by atoms with E-state index in [1.165, 1.54) is 17.0 Å². The molecule has 2 aromatic rings. The Kier molecular flexibility index (Phi) is 13.8. The molecule has 7 rings (SSSR count). The van der Waals surface area contributed by atoms with Gasteiger partial charge in [-0.2, -0.15) is 0 Å². The minimum atomic E-state index is -4.66. The number of carbonyl (C=O) groups is 5. The lowest BCUT2D eigenvalue weighted by atomic mass is 9.90. The molecule has 4 fully saturated rings. The van der Waals surface area contributed by atoms with Crippen LogP contribution in [0, 0.1) is 11.7 Å². The Balaban J connectivity index is 1.13. The molecule has 16 nitrogen and oxygen atoms in total. The average molecular weight is 866 g/mol. The van der Waals surface area contributed by atoms with Crippen LogP contribution in [0.1, 0.15) is 101 Å². The van der Waals surface area contributed by atoms with Crippen LogP contribution >= 0.6 is 0 Å². The van der Waals surface area contributed by atoms with Crippen molar-refractivity contribution in [3.05, 3.63) is 66.8 Å². The highest BCUT2D eigenvalue weighted by molar-refractivity contribution is 7.90. The highest BCUT2D eigenvalue weighted by atomic mass is 32.2. The fourth-order valence-corrected chi connectivity index (χ4v) is 10.3. The molecule has 18 heteroatoms. The third-order valence-electron chi connectivity index (χ3n) is 12.7. The van der Waals surface area contributed by atoms with Gasteiger partial charge in [-0.05, 0) is 99.6 Å². The molecule has 1 aromatic heterocycles. The summed E-state index contributed by atoms with van der Waals surface area (Å²) < 4.78 is 55.6. The Morgan fingerprint density at radius 1 is 0.918 bits per heavy atom. The number of carbonyl (C=O) groups excluding carboxylic acids is 5. The van der Waals surface area contributed by atoms with Crippen molar-refractivity contribution in [3.8, 4) is 0 Å². The molecule has 61 heavy (non-hydrogen) atoms. The van der Waals surface area contributed by atoms with Gasteiger partial charge in [-0.3, -0.25) is 19.4 Å². The summed E-state index contributed by atoms with van der Waals surface area (Å²) in [6.07, 6.45) is 10.7. The molecule has 4 heterocycles. The number of pyridine rings is 1. The zero-order valence-corrected chi connectivity index (χ0v) is 35.1. The Morgan fingerprint density at radius 3 is 2.34 bits per heavy atom. The Bertz CT molecular complexity index is 2060. The van der Waals surface area contributed by atoms with E-state index in [1.807, 2.05) is 12.1 Å². The maximum atomic E-state index is 14.6. The SMILES string of the molecule is C=C[C@@H]1C[C@@]12NC(=O)[C@@H]1C[C@@H](OC(=O)N3CCC(c4ccncc4)CC3)CN1C(=O)[C@@H](NC(=O)OC1CCCC1)CCCCCCCNc1ccc(F)cc1S(=O)(=O)NC2=O. The Hall–Kier alpha value is -5.26. The summed E-state index contributed by atoms with van der Waals surface area (Å²) in [5.41, 5.74) is -0.508. The quantitative estimate of drug-likeness (QED) is 0.299. The van der Waals surface area contributed by atoms with Crippen molar-refractivity contribution in [3.63, 3.8) is 0 Å². The molecule has 0 bridgehead atoms. The van der Waals surface area contributed by atoms with Crippen LogP contribution in [0.5, 0.6) is 0 Å². The number of nitrogens with one attached hydrogen (secondary N) is 4. The van der Waals surface area contributed by atoms with Crippen LogP contribution in [0.15, 0.2) is 60.3 Å². The molecule has 330 valence electrons. The number of halogens is 1. The third-order valence-corrected chi connectivity index (χ3v) is 14.1. The standard InChI is InChI=1S/C43H56FN7O9S/c1-2-30-26-43(30)40(54)49-61(57,58)37-24-31(44)13-14-34(37)46-19-9-5-3-4-6-12-35(47-41(55)59-32-10-7-8-11-32)39(53)51-27-33(25-36(51)38(52)48-43)60-42(56)50-22-17-29(18-23-50)28-15-20-45-21-16-28/h2,13-16,20-21,24,29-30,32-33,35-36,46H,1,3-12,17-19,22-23,25-27H2,(H,47,55)(H,48,52)(H,49,54)/t30-,33-,35+,36+,43-/m1/s1.